The first-order chi connectivity index (χ1) is 11.5. The number of halogens is 2. The number of hydrogen-bond acceptors (Lipinski definition) is 0. The molecular weight excluding hydrogens is 486 g/mol. The van der Waals surface area contributed by atoms with Crippen molar-refractivity contribution in [2.45, 2.75) is 63.1 Å². The Labute approximate surface area is 195 Å². The van der Waals surface area contributed by atoms with E-state index in [-0.39, 0.29) is 48.0 Å². The predicted octanol–water partition coefficient (Wildman–Crippen LogP) is 8.53. The van der Waals surface area contributed by atoms with Crippen molar-refractivity contribution in [3.63, 3.8) is 0 Å². The van der Waals surface area contributed by atoms with Gasteiger partial charge in [0.05, 0.1) is 0 Å². The Balaban J connectivity index is 0.000000475. The summed E-state index contributed by atoms with van der Waals surface area (Å²) in [6.07, 6.45) is 16.0. The van der Waals surface area contributed by atoms with Crippen LogP contribution in [0.3, 0.4) is 0 Å². The van der Waals surface area contributed by atoms with Crippen molar-refractivity contribution in [2.75, 3.05) is 0 Å². The molecule has 0 aromatic carbocycles. The molecule has 0 bridgehead atoms. The van der Waals surface area contributed by atoms with E-state index >= 15 is 0 Å². The fraction of sp³-hybridized carbons (Fsp3) is 0.478. The first-order valence-corrected chi connectivity index (χ1v) is 17.4. The summed E-state index contributed by atoms with van der Waals surface area (Å²) >= 11 is -1.99. The maximum atomic E-state index is 2.51. The van der Waals surface area contributed by atoms with Gasteiger partial charge < -0.3 is 0 Å². The van der Waals surface area contributed by atoms with Gasteiger partial charge in [-0.2, -0.15) is 0 Å². The van der Waals surface area contributed by atoms with E-state index in [1.807, 2.05) is 0 Å². The van der Waals surface area contributed by atoms with Crippen LogP contribution >= 0.6 is 24.8 Å². The molecule has 0 atom stereocenters. The monoisotopic (exact) mass is 520 g/mol. The van der Waals surface area contributed by atoms with Crippen LogP contribution in [0.4, 0.5) is 0 Å². The van der Waals surface area contributed by atoms with Crippen LogP contribution in [0.5, 0.6) is 0 Å². The predicted molar refractivity (Wildman–Crippen MR) is 121 cm³/mol. The second-order valence-electron chi connectivity index (χ2n) is 8.90. The van der Waals surface area contributed by atoms with Gasteiger partial charge in [0.1, 0.15) is 0 Å². The van der Waals surface area contributed by atoms with Crippen LogP contribution in [-0.4, -0.2) is 0 Å². The van der Waals surface area contributed by atoms with Crippen molar-refractivity contribution < 1.29 is 39.8 Å². The van der Waals surface area contributed by atoms with Crippen LogP contribution in [0.15, 0.2) is 63.6 Å². The number of rotatable bonds is 3. The molecular formula is C23H36Cl2TiZr. The maximum Gasteiger partial charge on any atom is -0.147 e. The van der Waals surface area contributed by atoms with Crippen molar-refractivity contribution in [3.05, 3.63) is 63.6 Å². The summed E-state index contributed by atoms with van der Waals surface area (Å²) in [5.41, 5.74) is 5.07. The molecule has 0 nitrogen and oxygen atoms in total. The van der Waals surface area contributed by atoms with Crippen LogP contribution in [0.1, 0.15) is 47.5 Å². The third-order valence-corrected chi connectivity index (χ3v) is 13.0. The van der Waals surface area contributed by atoms with E-state index in [4.69, 9.17) is 0 Å². The molecule has 0 spiro atoms. The zero-order chi connectivity index (χ0) is 18.8. The molecule has 0 radical (unpaired) electrons. The molecule has 0 unspecified atom stereocenters. The Bertz CT molecular complexity index is 698. The molecule has 0 saturated carbocycles. The van der Waals surface area contributed by atoms with E-state index in [2.05, 4.69) is 86.8 Å². The van der Waals surface area contributed by atoms with Crippen LogP contribution in [0.25, 0.3) is 0 Å². The van der Waals surface area contributed by atoms with Gasteiger partial charge in [0.25, 0.3) is 0 Å². The van der Waals surface area contributed by atoms with Gasteiger partial charge in [-0.05, 0) is 0 Å². The normalized spacial score (nSPS) is 19.9. The van der Waals surface area contributed by atoms with Crippen molar-refractivity contribution in [3.8, 4) is 0 Å². The molecule has 0 saturated heterocycles. The Morgan fingerprint density at radius 2 is 1.26 bits per heavy atom. The molecule has 27 heavy (non-hydrogen) atoms. The minimum absolute atomic E-state index is 0. The molecule has 4 heteroatoms. The Hall–Kier alpha value is 0.617. The van der Waals surface area contributed by atoms with Crippen molar-refractivity contribution in [1.82, 2.24) is 0 Å². The standard InChI is InChI=1S/C10H15.2C5H5.3CH3.2ClH.Ti.Zr/c1-7-6-10(4,5)9(3)8(7)2;2*1-2-4-5-3-1;;;;;;;/h1-5H3;2*1-3H,4H2;3*1H3;2*1H;;. The van der Waals surface area contributed by atoms with Gasteiger partial charge in [-0.3, -0.25) is 0 Å². The summed E-state index contributed by atoms with van der Waals surface area (Å²) in [5, 5.41) is 7.52. The van der Waals surface area contributed by atoms with E-state index in [9.17, 15) is 0 Å². The first kappa shape index (κ1) is 27.6. The second kappa shape index (κ2) is 11.1. The van der Waals surface area contributed by atoms with Gasteiger partial charge in [0, 0.05) is 0 Å². The third-order valence-electron chi connectivity index (χ3n) is 5.68. The molecule has 0 fully saturated rings. The van der Waals surface area contributed by atoms with E-state index in [0.29, 0.717) is 5.41 Å². The van der Waals surface area contributed by atoms with E-state index in [0.717, 1.165) is 0 Å². The minimum atomic E-state index is -1.68. The number of allylic oxidation sites excluding steroid dienone is 12. The van der Waals surface area contributed by atoms with Crippen LogP contribution in [0.2, 0.25) is 15.7 Å². The summed E-state index contributed by atoms with van der Waals surface area (Å²) in [6, 6.07) is 0. The van der Waals surface area contributed by atoms with Gasteiger partial charge in [0.15, 0.2) is 0 Å². The molecule has 0 N–H and O–H groups in total. The molecule has 0 aromatic rings. The Morgan fingerprint density at radius 1 is 0.815 bits per heavy atom. The second-order valence-corrected chi connectivity index (χ2v) is 20.5. The molecule has 0 aromatic heterocycles. The van der Waals surface area contributed by atoms with Crippen molar-refractivity contribution >= 4 is 24.8 Å². The summed E-state index contributed by atoms with van der Waals surface area (Å²) in [5.74, 6) is 0. The van der Waals surface area contributed by atoms with E-state index < -0.39 is 16.6 Å². The van der Waals surface area contributed by atoms with E-state index in [1.54, 1.807) is 27.2 Å². The van der Waals surface area contributed by atoms with Crippen LogP contribution in [0, 0.1) is 5.41 Å². The fourth-order valence-electron chi connectivity index (χ4n) is 4.38. The summed E-state index contributed by atoms with van der Waals surface area (Å²) in [6.45, 7) is 11.7. The molecule has 0 amide bonds. The largest absolute Gasteiger partial charge is 0.147 e. The Kier molecular flexibility index (Phi) is 11.4. The average Bonchev–Trinajstić information content (AvgIpc) is 3.21. The molecule has 150 valence electrons. The van der Waals surface area contributed by atoms with Crippen LogP contribution < -0.4 is 0 Å². The zero-order valence-corrected chi connectivity index (χ0v) is 23.8. The van der Waals surface area contributed by atoms with Gasteiger partial charge >= 0.3 is 172 Å². The SMILES string of the molecule is C1=CC[C]([Zr][C]2=CC=CC2)=C1.CC1=C(C)C(C)(C)[C]([Ti]([CH3])([CH3])[CH3])=C1C.Cl.Cl. The van der Waals surface area contributed by atoms with E-state index in [1.165, 1.54) is 12.8 Å². The molecule has 3 aliphatic carbocycles. The zero-order valence-electron chi connectivity index (χ0n) is 18.2. The average molecular weight is 523 g/mol. The fourth-order valence-corrected chi connectivity index (χ4v) is 12.6. The van der Waals surface area contributed by atoms with Gasteiger partial charge in [0.2, 0.25) is 0 Å². The smallest absolute Gasteiger partial charge is 0.147 e. The van der Waals surface area contributed by atoms with Crippen molar-refractivity contribution in [2.24, 2.45) is 5.41 Å². The number of hydrogen-bond donors (Lipinski definition) is 0. The summed E-state index contributed by atoms with van der Waals surface area (Å²) in [7, 11) is 0. The molecule has 3 rings (SSSR count). The van der Waals surface area contributed by atoms with Gasteiger partial charge in [-0.1, -0.05) is 0 Å². The topological polar surface area (TPSA) is 0 Å². The molecule has 3 aliphatic rings. The first-order valence-electron chi connectivity index (χ1n) is 9.43. The summed E-state index contributed by atoms with van der Waals surface area (Å²) < 4.78 is 5.25. The third kappa shape index (κ3) is 6.82. The van der Waals surface area contributed by atoms with Gasteiger partial charge in [-0.15, -0.1) is 24.8 Å². The van der Waals surface area contributed by atoms with Gasteiger partial charge in [-0.25, -0.2) is 0 Å². The quantitative estimate of drug-likeness (QED) is 0.326. The van der Waals surface area contributed by atoms with Crippen molar-refractivity contribution in [1.29, 1.82) is 0 Å². The maximum absolute atomic E-state index is 2.51. The van der Waals surface area contributed by atoms with Crippen LogP contribution in [-0.2, 0) is 39.8 Å². The minimum Gasteiger partial charge on any atom is -0.147 e. The molecule has 0 heterocycles. The summed E-state index contributed by atoms with van der Waals surface area (Å²) in [4.78, 5) is 0. The Morgan fingerprint density at radius 3 is 1.48 bits per heavy atom. The molecule has 0 aliphatic heterocycles.